The van der Waals surface area contributed by atoms with Gasteiger partial charge in [0, 0.05) is 45.0 Å². The van der Waals surface area contributed by atoms with E-state index in [1.165, 1.54) is 0 Å². The maximum Gasteiger partial charge on any atom is 0.254 e. The van der Waals surface area contributed by atoms with E-state index in [4.69, 9.17) is 0 Å². The molecule has 0 radical (unpaired) electrons. The van der Waals surface area contributed by atoms with Gasteiger partial charge in [0.25, 0.3) is 5.91 Å². The van der Waals surface area contributed by atoms with Crippen LogP contribution in [0.5, 0.6) is 0 Å². The molecule has 1 aliphatic heterocycles. The van der Waals surface area contributed by atoms with Crippen molar-refractivity contribution in [2.45, 2.75) is 18.9 Å². The van der Waals surface area contributed by atoms with Crippen molar-refractivity contribution in [3.8, 4) is 0 Å². The van der Waals surface area contributed by atoms with Crippen LogP contribution in [0.3, 0.4) is 0 Å². The van der Waals surface area contributed by atoms with Crippen LogP contribution in [0.2, 0.25) is 0 Å². The molecule has 0 saturated carbocycles. The maximum absolute atomic E-state index is 13.4. The molecule has 1 aromatic carbocycles. The first-order chi connectivity index (χ1) is 12.6. The first-order valence-corrected chi connectivity index (χ1v) is 8.99. The SMILES string of the molecule is CN(C)c1cc(C(=O)N2CCC[C@H](n3cccn3)C2)c2ccccc2n1. The zero-order valence-corrected chi connectivity index (χ0v) is 15.2. The van der Waals surface area contributed by atoms with Crippen molar-refractivity contribution in [1.82, 2.24) is 19.7 Å². The summed E-state index contributed by atoms with van der Waals surface area (Å²) in [4.78, 5) is 21.9. The molecule has 4 rings (SSSR count). The Bertz CT molecular complexity index is 919. The third-order valence-corrected chi connectivity index (χ3v) is 4.97. The highest BCUT2D eigenvalue weighted by Crippen LogP contribution is 2.27. The summed E-state index contributed by atoms with van der Waals surface area (Å²) in [5, 5.41) is 5.26. The Kier molecular flexibility index (Phi) is 4.32. The summed E-state index contributed by atoms with van der Waals surface area (Å²) in [6, 6.07) is 11.9. The molecule has 0 spiro atoms. The van der Waals surface area contributed by atoms with Crippen LogP contribution in [0.15, 0.2) is 48.8 Å². The number of carbonyl (C=O) groups is 1. The molecule has 26 heavy (non-hydrogen) atoms. The molecular formula is C20H23N5O. The topological polar surface area (TPSA) is 54.3 Å². The number of fused-ring (bicyclic) bond motifs is 1. The Labute approximate surface area is 153 Å². The van der Waals surface area contributed by atoms with Crippen molar-refractivity contribution in [2.24, 2.45) is 0 Å². The van der Waals surface area contributed by atoms with Gasteiger partial charge in [-0.3, -0.25) is 9.48 Å². The third-order valence-electron chi connectivity index (χ3n) is 4.97. The minimum Gasteiger partial charge on any atom is -0.363 e. The van der Waals surface area contributed by atoms with Gasteiger partial charge in [0.15, 0.2) is 0 Å². The fourth-order valence-corrected chi connectivity index (χ4v) is 3.59. The number of piperidine rings is 1. The summed E-state index contributed by atoms with van der Waals surface area (Å²) in [6.07, 6.45) is 5.80. The van der Waals surface area contributed by atoms with Gasteiger partial charge in [-0.05, 0) is 31.0 Å². The second kappa shape index (κ2) is 6.78. The number of nitrogens with zero attached hydrogens (tertiary/aromatic N) is 5. The van der Waals surface area contributed by atoms with Crippen molar-refractivity contribution in [1.29, 1.82) is 0 Å². The van der Waals surface area contributed by atoms with Crippen molar-refractivity contribution in [2.75, 3.05) is 32.1 Å². The first kappa shape index (κ1) is 16.6. The normalized spacial score (nSPS) is 17.5. The number of pyridine rings is 1. The van der Waals surface area contributed by atoms with Gasteiger partial charge in [-0.15, -0.1) is 0 Å². The van der Waals surface area contributed by atoms with E-state index in [1.807, 2.05) is 71.2 Å². The average molecular weight is 349 g/mol. The predicted molar refractivity (Wildman–Crippen MR) is 102 cm³/mol. The number of anilines is 1. The van der Waals surface area contributed by atoms with Gasteiger partial charge < -0.3 is 9.80 Å². The summed E-state index contributed by atoms with van der Waals surface area (Å²) < 4.78 is 1.97. The highest BCUT2D eigenvalue weighted by atomic mass is 16.2. The van der Waals surface area contributed by atoms with Crippen LogP contribution in [0.4, 0.5) is 5.82 Å². The molecule has 0 aliphatic carbocycles. The average Bonchev–Trinajstić information content (AvgIpc) is 3.21. The van der Waals surface area contributed by atoms with Crippen LogP contribution in [-0.2, 0) is 0 Å². The molecular weight excluding hydrogens is 326 g/mol. The van der Waals surface area contributed by atoms with Crippen LogP contribution in [-0.4, -0.2) is 52.8 Å². The Morgan fingerprint density at radius 2 is 2.08 bits per heavy atom. The van der Waals surface area contributed by atoms with Crippen molar-refractivity contribution < 1.29 is 4.79 Å². The largest absolute Gasteiger partial charge is 0.363 e. The van der Waals surface area contributed by atoms with Crippen LogP contribution in [0.1, 0.15) is 29.2 Å². The minimum atomic E-state index is 0.0727. The molecule has 1 atom stereocenters. The fourth-order valence-electron chi connectivity index (χ4n) is 3.59. The summed E-state index contributed by atoms with van der Waals surface area (Å²) in [5.74, 6) is 0.872. The molecule has 1 fully saturated rings. The van der Waals surface area contributed by atoms with Crippen molar-refractivity contribution >= 4 is 22.6 Å². The quantitative estimate of drug-likeness (QED) is 0.729. The third kappa shape index (κ3) is 3.03. The Balaban J connectivity index is 1.69. The number of hydrogen-bond donors (Lipinski definition) is 0. The molecule has 3 heterocycles. The lowest BCUT2D eigenvalue weighted by Crippen LogP contribution is -2.41. The molecule has 3 aromatic rings. The molecule has 0 N–H and O–H groups in total. The molecule has 1 amide bonds. The van der Waals surface area contributed by atoms with E-state index in [0.717, 1.165) is 41.7 Å². The molecule has 1 aliphatic rings. The summed E-state index contributed by atoms with van der Waals surface area (Å²) >= 11 is 0. The van der Waals surface area contributed by atoms with Crippen molar-refractivity contribution in [3.63, 3.8) is 0 Å². The van der Waals surface area contributed by atoms with Crippen molar-refractivity contribution in [3.05, 3.63) is 54.4 Å². The number of aromatic nitrogens is 3. The van der Waals surface area contributed by atoms with Crippen LogP contribution in [0, 0.1) is 0 Å². The second-order valence-electron chi connectivity index (χ2n) is 6.97. The van der Waals surface area contributed by atoms with Gasteiger partial charge in [0.05, 0.1) is 17.1 Å². The van der Waals surface area contributed by atoms with E-state index in [0.29, 0.717) is 6.54 Å². The number of carbonyl (C=O) groups excluding carboxylic acids is 1. The number of para-hydroxylation sites is 1. The summed E-state index contributed by atoms with van der Waals surface area (Å²) in [6.45, 7) is 1.47. The van der Waals surface area contributed by atoms with E-state index >= 15 is 0 Å². The lowest BCUT2D eigenvalue weighted by molar-refractivity contribution is 0.0675. The van der Waals surface area contributed by atoms with Gasteiger partial charge in [-0.25, -0.2) is 4.98 Å². The van der Waals surface area contributed by atoms with E-state index in [2.05, 4.69) is 10.1 Å². The highest BCUT2D eigenvalue weighted by Gasteiger charge is 2.27. The van der Waals surface area contributed by atoms with E-state index in [9.17, 15) is 4.79 Å². The van der Waals surface area contributed by atoms with Gasteiger partial charge in [-0.1, -0.05) is 18.2 Å². The van der Waals surface area contributed by atoms with Crippen LogP contribution >= 0.6 is 0 Å². The summed E-state index contributed by atoms with van der Waals surface area (Å²) in [5.41, 5.74) is 1.57. The van der Waals surface area contributed by atoms with E-state index < -0.39 is 0 Å². The van der Waals surface area contributed by atoms with Gasteiger partial charge in [0.1, 0.15) is 5.82 Å². The standard InChI is InChI=1S/C20H23N5O/c1-23(2)19-13-17(16-8-3-4-9-18(16)22-19)20(26)24-11-5-7-15(14-24)25-12-6-10-21-25/h3-4,6,8-10,12-13,15H,5,7,11,14H2,1-2H3/t15-/m0/s1. The Morgan fingerprint density at radius 3 is 2.85 bits per heavy atom. The number of amides is 1. The molecule has 0 unspecified atom stereocenters. The van der Waals surface area contributed by atoms with Gasteiger partial charge in [0.2, 0.25) is 0 Å². The predicted octanol–water partition coefficient (Wildman–Crippen LogP) is 2.97. The number of rotatable bonds is 3. The lowest BCUT2D eigenvalue weighted by atomic mass is 10.0. The first-order valence-electron chi connectivity index (χ1n) is 8.99. The molecule has 134 valence electrons. The fraction of sp³-hybridized carbons (Fsp3) is 0.350. The molecule has 6 nitrogen and oxygen atoms in total. The van der Waals surface area contributed by atoms with E-state index in [1.54, 1.807) is 6.20 Å². The smallest absolute Gasteiger partial charge is 0.254 e. The molecule has 2 aromatic heterocycles. The Morgan fingerprint density at radius 1 is 1.23 bits per heavy atom. The zero-order valence-electron chi connectivity index (χ0n) is 15.2. The van der Waals surface area contributed by atoms with Crippen LogP contribution < -0.4 is 4.90 Å². The second-order valence-corrected chi connectivity index (χ2v) is 6.97. The highest BCUT2D eigenvalue weighted by molar-refractivity contribution is 6.07. The van der Waals surface area contributed by atoms with Gasteiger partial charge in [-0.2, -0.15) is 5.10 Å². The minimum absolute atomic E-state index is 0.0727. The monoisotopic (exact) mass is 349 g/mol. The van der Waals surface area contributed by atoms with Gasteiger partial charge >= 0.3 is 0 Å². The van der Waals surface area contributed by atoms with Crippen LogP contribution in [0.25, 0.3) is 10.9 Å². The molecule has 6 heteroatoms. The maximum atomic E-state index is 13.4. The number of benzene rings is 1. The molecule has 1 saturated heterocycles. The lowest BCUT2D eigenvalue weighted by Gasteiger charge is -2.33. The molecule has 0 bridgehead atoms. The Hall–Kier alpha value is -2.89. The number of hydrogen-bond acceptors (Lipinski definition) is 4. The van der Waals surface area contributed by atoms with E-state index in [-0.39, 0.29) is 11.9 Å². The summed E-state index contributed by atoms with van der Waals surface area (Å²) in [7, 11) is 3.89. The zero-order chi connectivity index (χ0) is 18.1. The number of likely N-dealkylation sites (tertiary alicyclic amines) is 1.